The van der Waals surface area contributed by atoms with Crippen LogP contribution in [-0.4, -0.2) is 25.6 Å². The minimum Gasteiger partial charge on any atom is -0.489 e. The lowest BCUT2D eigenvalue weighted by atomic mass is 9.98. The lowest BCUT2D eigenvalue weighted by molar-refractivity contribution is 0.0980. The van der Waals surface area contributed by atoms with E-state index in [0.29, 0.717) is 41.9 Å². The number of anilines is 1. The molecule has 0 radical (unpaired) electrons. The number of nitrogens with zero attached hydrogens (tertiary/aromatic N) is 1. The van der Waals surface area contributed by atoms with Gasteiger partial charge in [0.1, 0.15) is 18.2 Å². The van der Waals surface area contributed by atoms with Gasteiger partial charge in [0.05, 0.1) is 6.33 Å². The van der Waals surface area contributed by atoms with Crippen molar-refractivity contribution in [2.45, 2.75) is 6.42 Å². The first kappa shape index (κ1) is 19.9. The maximum atomic E-state index is 13.1. The fourth-order valence-electron chi connectivity index (χ4n) is 2.73. The van der Waals surface area contributed by atoms with Gasteiger partial charge >= 0.3 is 0 Å². The van der Waals surface area contributed by atoms with Crippen LogP contribution < -0.4 is 15.4 Å². The van der Waals surface area contributed by atoms with Gasteiger partial charge in [0, 0.05) is 29.9 Å². The van der Waals surface area contributed by atoms with E-state index >= 15 is 0 Å². The van der Waals surface area contributed by atoms with Crippen molar-refractivity contribution in [1.82, 2.24) is 0 Å². The van der Waals surface area contributed by atoms with E-state index in [-0.39, 0.29) is 37.3 Å². The average Bonchev–Trinajstić information content (AvgIpc) is 2.64. The smallest absolute Gasteiger partial charge is 0.258 e. The highest BCUT2D eigenvalue weighted by Crippen LogP contribution is 2.27. The molecule has 2 N–H and O–H groups in total. The van der Waals surface area contributed by atoms with Crippen LogP contribution in [0.4, 0.5) is 14.5 Å². The molecule has 1 amide bonds. The van der Waals surface area contributed by atoms with Crippen molar-refractivity contribution in [3.63, 3.8) is 0 Å². The predicted molar refractivity (Wildman–Crippen MR) is 99.2 cm³/mol. The Hall–Kier alpha value is -2.44. The van der Waals surface area contributed by atoms with Gasteiger partial charge in [-0.3, -0.25) is 4.79 Å². The first-order chi connectivity index (χ1) is 12.1. The van der Waals surface area contributed by atoms with E-state index < -0.39 is 0 Å². The van der Waals surface area contributed by atoms with Crippen LogP contribution in [0.15, 0.2) is 54.4 Å². The summed E-state index contributed by atoms with van der Waals surface area (Å²) in [5, 5.41) is 0. The zero-order valence-corrected chi connectivity index (χ0v) is 14.8. The molecule has 1 aliphatic rings. The molecular weight excluding hydrogens is 362 g/mol. The number of fused-ring (bicyclic) bond motifs is 1. The van der Waals surface area contributed by atoms with Crippen LogP contribution in [0, 0.1) is 5.82 Å². The number of carbonyl (C=O) groups is 1. The monoisotopic (exact) mass is 380 g/mol. The van der Waals surface area contributed by atoms with Crippen LogP contribution in [0.2, 0.25) is 0 Å². The summed E-state index contributed by atoms with van der Waals surface area (Å²) in [4.78, 5) is 14.3. The van der Waals surface area contributed by atoms with Gasteiger partial charge in [0.2, 0.25) is 0 Å². The first-order valence-electron chi connectivity index (χ1n) is 7.93. The summed E-state index contributed by atoms with van der Waals surface area (Å²) >= 11 is 0. The highest BCUT2D eigenvalue weighted by Gasteiger charge is 2.25. The number of hydrogen-bond acceptors (Lipinski definition) is 3. The number of hydrogen-bond donors (Lipinski definition) is 1. The van der Waals surface area contributed by atoms with E-state index in [1.54, 1.807) is 35.2 Å². The van der Waals surface area contributed by atoms with Crippen LogP contribution in [0.25, 0.3) is 0 Å². The molecule has 0 atom stereocenters. The molecule has 0 saturated carbocycles. The number of halogens is 3. The van der Waals surface area contributed by atoms with Gasteiger partial charge in [-0.15, -0.1) is 12.4 Å². The summed E-state index contributed by atoms with van der Waals surface area (Å²) in [5.74, 6) is 0.0925. The Morgan fingerprint density at radius 3 is 2.62 bits per heavy atom. The molecule has 0 aliphatic carbocycles. The number of carbonyl (C=O) groups excluding carboxylic acids is 1. The Balaban J connectivity index is 0.00000243. The van der Waals surface area contributed by atoms with Crippen LogP contribution in [-0.2, 0) is 6.42 Å². The fraction of sp³-hybridized carbons (Fsp3) is 0.211. The van der Waals surface area contributed by atoms with E-state index in [9.17, 15) is 13.6 Å². The molecule has 4 nitrogen and oxygen atoms in total. The molecule has 0 fully saturated rings. The summed E-state index contributed by atoms with van der Waals surface area (Å²) in [6, 6.07) is 11.0. The summed E-state index contributed by atoms with van der Waals surface area (Å²) in [7, 11) is 0. The summed E-state index contributed by atoms with van der Waals surface area (Å²) < 4.78 is 31.1. The van der Waals surface area contributed by atoms with E-state index in [1.807, 2.05) is 0 Å². The van der Waals surface area contributed by atoms with Crippen molar-refractivity contribution < 1.29 is 18.3 Å². The Morgan fingerprint density at radius 2 is 1.96 bits per heavy atom. The lowest BCUT2D eigenvalue weighted by Crippen LogP contribution is -2.37. The Morgan fingerprint density at radius 1 is 1.23 bits per heavy atom. The zero-order chi connectivity index (χ0) is 17.8. The fourth-order valence-corrected chi connectivity index (χ4v) is 2.73. The molecule has 26 heavy (non-hydrogen) atoms. The van der Waals surface area contributed by atoms with Crippen LogP contribution in [0.1, 0.15) is 15.9 Å². The van der Waals surface area contributed by atoms with Gasteiger partial charge in [-0.25, -0.2) is 8.78 Å². The summed E-state index contributed by atoms with van der Waals surface area (Å²) in [5.41, 5.74) is 7.88. The number of ether oxygens (including phenoxy) is 1. The Labute approximate surface area is 156 Å². The Kier molecular flexibility index (Phi) is 6.71. The molecule has 7 heteroatoms. The van der Waals surface area contributed by atoms with Crippen molar-refractivity contribution in [3.8, 4) is 5.75 Å². The van der Waals surface area contributed by atoms with Gasteiger partial charge in [-0.05, 0) is 54.4 Å². The molecule has 0 spiro atoms. The van der Waals surface area contributed by atoms with Gasteiger partial charge in [-0.1, -0.05) is 0 Å². The van der Waals surface area contributed by atoms with E-state index in [1.165, 1.54) is 12.1 Å². The third-order valence-electron chi connectivity index (χ3n) is 4.14. The molecule has 1 aliphatic heterocycles. The largest absolute Gasteiger partial charge is 0.489 e. The second kappa shape index (κ2) is 8.78. The van der Waals surface area contributed by atoms with Crippen molar-refractivity contribution in [3.05, 3.63) is 71.3 Å². The summed E-state index contributed by atoms with van der Waals surface area (Å²) in [6.45, 7) is 0.660. The van der Waals surface area contributed by atoms with Crippen molar-refractivity contribution in [2.75, 3.05) is 24.6 Å². The number of rotatable bonds is 5. The molecule has 2 aromatic carbocycles. The van der Waals surface area contributed by atoms with Gasteiger partial charge in [-0.2, -0.15) is 0 Å². The van der Waals surface area contributed by atoms with Crippen LogP contribution in [0.5, 0.6) is 5.75 Å². The van der Waals surface area contributed by atoms with E-state index in [4.69, 9.17) is 10.5 Å². The highest BCUT2D eigenvalue weighted by molar-refractivity contribution is 6.08. The first-order valence-corrected chi connectivity index (χ1v) is 7.93. The van der Waals surface area contributed by atoms with Crippen molar-refractivity contribution in [2.24, 2.45) is 5.73 Å². The third kappa shape index (κ3) is 4.20. The Bertz CT molecular complexity index is 810. The minimum absolute atomic E-state index is 0. The second-order valence-electron chi connectivity index (χ2n) is 5.76. The predicted octanol–water partition coefficient (Wildman–Crippen LogP) is 3.64. The van der Waals surface area contributed by atoms with Gasteiger partial charge < -0.3 is 15.4 Å². The molecule has 0 aromatic heterocycles. The molecule has 3 rings (SSSR count). The van der Waals surface area contributed by atoms with Crippen molar-refractivity contribution >= 4 is 24.0 Å². The SMILES string of the molecule is Cl.NC/C(=C\F)COc1ccc2c(c1)CCN(c1ccc(F)cc1)C2=O. The van der Waals surface area contributed by atoms with Crippen LogP contribution in [0.3, 0.4) is 0 Å². The molecule has 0 unspecified atom stereocenters. The number of benzene rings is 2. The van der Waals surface area contributed by atoms with Gasteiger partial charge in [0.15, 0.2) is 0 Å². The minimum atomic E-state index is -0.338. The molecule has 0 bridgehead atoms. The lowest BCUT2D eigenvalue weighted by Gasteiger charge is -2.29. The van der Waals surface area contributed by atoms with Crippen molar-refractivity contribution in [1.29, 1.82) is 0 Å². The summed E-state index contributed by atoms with van der Waals surface area (Å²) in [6.07, 6.45) is 1.10. The third-order valence-corrected chi connectivity index (χ3v) is 4.14. The molecule has 0 saturated heterocycles. The standard InChI is InChI=1S/C19H18F2N2O2.ClH/c20-10-13(11-22)12-25-17-5-6-18-14(9-17)7-8-23(19(18)24)16-3-1-15(21)2-4-16;/h1-6,9-10H,7-8,11-12,22H2;1H/b13-10+;. The number of amides is 1. The van der Waals surface area contributed by atoms with E-state index in [0.717, 1.165) is 5.56 Å². The van der Waals surface area contributed by atoms with Crippen LogP contribution >= 0.6 is 12.4 Å². The number of nitrogens with two attached hydrogens (primary N) is 1. The maximum absolute atomic E-state index is 13.1. The normalized spacial score (nSPS) is 13.9. The molecular formula is C19H19ClF2N2O2. The van der Waals surface area contributed by atoms with Gasteiger partial charge in [0.25, 0.3) is 5.91 Å². The quantitative estimate of drug-likeness (QED) is 0.861. The zero-order valence-electron chi connectivity index (χ0n) is 14.0. The molecule has 2 aromatic rings. The molecule has 1 heterocycles. The highest BCUT2D eigenvalue weighted by atomic mass is 35.5. The molecule has 138 valence electrons. The van der Waals surface area contributed by atoms with E-state index in [2.05, 4.69) is 0 Å². The average molecular weight is 381 g/mol. The second-order valence-corrected chi connectivity index (χ2v) is 5.76. The maximum Gasteiger partial charge on any atom is 0.258 e. The topological polar surface area (TPSA) is 55.6 Å².